The standard InChI is InChI=1S/C8H7BrF3N/c1-4-2-3-5(8(10,11)12)6(9)7(4)13/h2-3H,13H2,1H3. The van der Waals surface area contributed by atoms with Crippen molar-refractivity contribution in [3.8, 4) is 0 Å². The molecule has 0 amide bonds. The van der Waals surface area contributed by atoms with E-state index in [9.17, 15) is 13.2 Å². The summed E-state index contributed by atoms with van der Waals surface area (Å²) in [6, 6.07) is 2.36. The van der Waals surface area contributed by atoms with Crippen molar-refractivity contribution in [1.29, 1.82) is 0 Å². The van der Waals surface area contributed by atoms with Crippen LogP contribution in [0.3, 0.4) is 0 Å². The Morgan fingerprint density at radius 1 is 1.31 bits per heavy atom. The summed E-state index contributed by atoms with van der Waals surface area (Å²) in [7, 11) is 0. The predicted molar refractivity (Wildman–Crippen MR) is 48.3 cm³/mol. The Bertz CT molecular complexity index is 333. The average molecular weight is 254 g/mol. The number of hydrogen-bond acceptors (Lipinski definition) is 1. The maximum Gasteiger partial charge on any atom is 0.417 e. The van der Waals surface area contributed by atoms with E-state index >= 15 is 0 Å². The summed E-state index contributed by atoms with van der Waals surface area (Å²) in [6.45, 7) is 1.65. The lowest BCUT2D eigenvalue weighted by Gasteiger charge is -2.11. The van der Waals surface area contributed by atoms with Crippen LogP contribution in [0.15, 0.2) is 16.6 Å². The number of nitrogen functional groups attached to an aromatic ring is 1. The van der Waals surface area contributed by atoms with Crippen molar-refractivity contribution in [2.45, 2.75) is 13.1 Å². The normalized spacial score (nSPS) is 11.8. The molecule has 0 atom stereocenters. The van der Waals surface area contributed by atoms with Crippen LogP contribution in [0.5, 0.6) is 0 Å². The van der Waals surface area contributed by atoms with Crippen LogP contribution in [-0.2, 0) is 6.18 Å². The van der Waals surface area contributed by atoms with Gasteiger partial charge in [0.25, 0.3) is 0 Å². The molecule has 2 N–H and O–H groups in total. The van der Waals surface area contributed by atoms with E-state index < -0.39 is 11.7 Å². The van der Waals surface area contributed by atoms with Gasteiger partial charge in [-0.15, -0.1) is 0 Å². The van der Waals surface area contributed by atoms with E-state index in [4.69, 9.17) is 5.73 Å². The molecule has 5 heteroatoms. The van der Waals surface area contributed by atoms with Gasteiger partial charge in [0.1, 0.15) is 0 Å². The van der Waals surface area contributed by atoms with Gasteiger partial charge < -0.3 is 5.73 Å². The number of hydrogen-bond donors (Lipinski definition) is 1. The topological polar surface area (TPSA) is 26.0 Å². The van der Waals surface area contributed by atoms with Crippen molar-refractivity contribution in [2.75, 3.05) is 5.73 Å². The van der Waals surface area contributed by atoms with Crippen LogP contribution in [0.1, 0.15) is 11.1 Å². The van der Waals surface area contributed by atoms with Crippen molar-refractivity contribution < 1.29 is 13.2 Å². The van der Waals surface area contributed by atoms with Gasteiger partial charge in [-0.1, -0.05) is 6.07 Å². The molecule has 0 aromatic heterocycles. The van der Waals surface area contributed by atoms with Gasteiger partial charge >= 0.3 is 6.18 Å². The highest BCUT2D eigenvalue weighted by Crippen LogP contribution is 2.38. The van der Waals surface area contributed by atoms with Crippen molar-refractivity contribution in [2.24, 2.45) is 0 Å². The average Bonchev–Trinajstić information content (AvgIpc) is 1.98. The van der Waals surface area contributed by atoms with E-state index in [-0.39, 0.29) is 10.2 Å². The number of benzene rings is 1. The molecule has 0 radical (unpaired) electrons. The highest BCUT2D eigenvalue weighted by atomic mass is 79.9. The largest absolute Gasteiger partial charge is 0.417 e. The SMILES string of the molecule is Cc1ccc(C(F)(F)F)c(Br)c1N. The Morgan fingerprint density at radius 2 is 1.85 bits per heavy atom. The lowest BCUT2D eigenvalue weighted by atomic mass is 10.1. The fourth-order valence-electron chi connectivity index (χ4n) is 0.908. The second kappa shape index (κ2) is 3.21. The molecular weight excluding hydrogens is 247 g/mol. The number of anilines is 1. The molecular formula is C8H7BrF3N. The number of aryl methyl sites for hydroxylation is 1. The molecule has 0 spiro atoms. The summed E-state index contributed by atoms with van der Waals surface area (Å²) >= 11 is 2.82. The van der Waals surface area contributed by atoms with Gasteiger partial charge in [-0.05, 0) is 34.5 Å². The third kappa shape index (κ3) is 1.96. The third-order valence-corrected chi connectivity index (χ3v) is 2.56. The van der Waals surface area contributed by atoms with Crippen LogP contribution in [0.2, 0.25) is 0 Å². The number of halogens is 4. The van der Waals surface area contributed by atoms with E-state index in [0.717, 1.165) is 6.07 Å². The van der Waals surface area contributed by atoms with Crippen molar-refractivity contribution in [3.05, 3.63) is 27.7 Å². The summed E-state index contributed by atoms with van der Waals surface area (Å²) < 4.78 is 36.7. The first kappa shape index (κ1) is 10.4. The molecule has 0 saturated heterocycles. The summed E-state index contributed by atoms with van der Waals surface area (Å²) in [5, 5.41) is 0. The van der Waals surface area contributed by atoms with Gasteiger partial charge in [-0.25, -0.2) is 0 Å². The molecule has 0 bridgehead atoms. The number of alkyl halides is 3. The van der Waals surface area contributed by atoms with Gasteiger partial charge in [0.15, 0.2) is 0 Å². The quantitative estimate of drug-likeness (QED) is 0.706. The third-order valence-electron chi connectivity index (χ3n) is 1.70. The molecule has 0 saturated carbocycles. The maximum absolute atomic E-state index is 12.3. The maximum atomic E-state index is 12.3. The molecule has 72 valence electrons. The van der Waals surface area contributed by atoms with E-state index in [0.29, 0.717) is 5.56 Å². The molecule has 0 aliphatic rings. The van der Waals surface area contributed by atoms with E-state index in [1.165, 1.54) is 6.07 Å². The molecule has 0 aliphatic heterocycles. The minimum absolute atomic E-state index is 0.0833. The zero-order chi connectivity index (χ0) is 10.2. The molecule has 1 rings (SSSR count). The Kier molecular flexibility index (Phi) is 2.56. The molecule has 0 heterocycles. The Balaban J connectivity index is 3.35. The van der Waals surface area contributed by atoms with Gasteiger partial charge in [0.2, 0.25) is 0 Å². The summed E-state index contributed by atoms with van der Waals surface area (Å²) in [5.41, 5.74) is 5.45. The smallest absolute Gasteiger partial charge is 0.398 e. The van der Waals surface area contributed by atoms with Crippen LogP contribution in [0.4, 0.5) is 18.9 Å². The Morgan fingerprint density at radius 3 is 2.31 bits per heavy atom. The lowest BCUT2D eigenvalue weighted by Crippen LogP contribution is -2.08. The molecule has 13 heavy (non-hydrogen) atoms. The molecule has 1 aromatic carbocycles. The Labute approximate surface area is 81.9 Å². The van der Waals surface area contributed by atoms with Gasteiger partial charge in [-0.3, -0.25) is 0 Å². The van der Waals surface area contributed by atoms with Crippen LogP contribution in [0, 0.1) is 6.92 Å². The lowest BCUT2D eigenvalue weighted by molar-refractivity contribution is -0.138. The monoisotopic (exact) mass is 253 g/mol. The van der Waals surface area contributed by atoms with E-state index in [1.807, 2.05) is 0 Å². The first-order valence-electron chi connectivity index (χ1n) is 3.46. The minimum Gasteiger partial charge on any atom is -0.398 e. The molecule has 1 aromatic rings. The first-order chi connectivity index (χ1) is 5.84. The van der Waals surface area contributed by atoms with E-state index in [2.05, 4.69) is 15.9 Å². The molecule has 0 unspecified atom stereocenters. The number of rotatable bonds is 0. The van der Waals surface area contributed by atoms with Crippen molar-refractivity contribution >= 4 is 21.6 Å². The minimum atomic E-state index is -4.36. The second-order valence-corrected chi connectivity index (χ2v) is 3.45. The fourth-order valence-corrected chi connectivity index (χ4v) is 1.58. The molecule has 1 nitrogen and oxygen atoms in total. The summed E-state index contributed by atoms with van der Waals surface area (Å²) in [6.07, 6.45) is -4.36. The van der Waals surface area contributed by atoms with Gasteiger partial charge in [0, 0.05) is 5.69 Å². The zero-order valence-corrected chi connectivity index (χ0v) is 8.33. The zero-order valence-electron chi connectivity index (χ0n) is 6.74. The highest BCUT2D eigenvalue weighted by molar-refractivity contribution is 9.10. The van der Waals surface area contributed by atoms with E-state index in [1.54, 1.807) is 6.92 Å². The van der Waals surface area contributed by atoms with Crippen LogP contribution < -0.4 is 5.73 Å². The molecule has 0 aliphatic carbocycles. The summed E-state index contributed by atoms with van der Waals surface area (Å²) in [4.78, 5) is 0. The fraction of sp³-hybridized carbons (Fsp3) is 0.250. The van der Waals surface area contributed by atoms with Crippen molar-refractivity contribution in [3.63, 3.8) is 0 Å². The second-order valence-electron chi connectivity index (χ2n) is 2.66. The highest BCUT2D eigenvalue weighted by Gasteiger charge is 2.33. The van der Waals surface area contributed by atoms with Gasteiger partial charge in [0.05, 0.1) is 10.0 Å². The van der Waals surface area contributed by atoms with Crippen LogP contribution >= 0.6 is 15.9 Å². The Hall–Kier alpha value is -0.710. The number of nitrogens with two attached hydrogens (primary N) is 1. The van der Waals surface area contributed by atoms with Gasteiger partial charge in [-0.2, -0.15) is 13.2 Å². The summed E-state index contributed by atoms with van der Waals surface area (Å²) in [5.74, 6) is 0. The van der Waals surface area contributed by atoms with Crippen LogP contribution in [0.25, 0.3) is 0 Å². The predicted octanol–water partition coefficient (Wildman–Crippen LogP) is 3.36. The first-order valence-corrected chi connectivity index (χ1v) is 4.25. The van der Waals surface area contributed by atoms with Crippen LogP contribution in [-0.4, -0.2) is 0 Å². The molecule has 0 fully saturated rings. The van der Waals surface area contributed by atoms with Crippen molar-refractivity contribution in [1.82, 2.24) is 0 Å².